The van der Waals surface area contributed by atoms with Crippen LogP contribution in [0.1, 0.15) is 37.3 Å². The highest BCUT2D eigenvalue weighted by Gasteiger charge is 2.12. The number of benzene rings is 2. The molecular formula is C21H27BrFNO3. The fourth-order valence-corrected chi connectivity index (χ4v) is 3.24. The van der Waals surface area contributed by atoms with Gasteiger partial charge in [-0.15, -0.1) is 0 Å². The minimum atomic E-state index is -0.261. The van der Waals surface area contributed by atoms with E-state index in [0.717, 1.165) is 48.0 Å². The normalized spacial score (nSPS) is 10.8. The number of unbranched alkanes of at least 4 members (excludes halogenated alkanes) is 2. The Bertz CT molecular complexity index is 695. The number of aliphatic hydroxyl groups excluding tert-OH is 1. The molecule has 0 heterocycles. The van der Waals surface area contributed by atoms with Gasteiger partial charge in [0.1, 0.15) is 12.4 Å². The van der Waals surface area contributed by atoms with Gasteiger partial charge in [0.05, 0.1) is 11.1 Å². The largest absolute Gasteiger partial charge is 0.490 e. The van der Waals surface area contributed by atoms with Gasteiger partial charge in [-0.25, -0.2) is 4.39 Å². The first-order valence-corrected chi connectivity index (χ1v) is 10.1. The predicted octanol–water partition coefficient (Wildman–Crippen LogP) is 4.82. The van der Waals surface area contributed by atoms with Crippen molar-refractivity contribution in [2.45, 2.75) is 39.3 Å². The highest BCUT2D eigenvalue weighted by atomic mass is 79.9. The van der Waals surface area contributed by atoms with Gasteiger partial charge < -0.3 is 19.9 Å². The number of aliphatic hydroxyl groups is 1. The maximum absolute atomic E-state index is 13.0. The number of hydrogen-bond acceptors (Lipinski definition) is 4. The van der Waals surface area contributed by atoms with Gasteiger partial charge in [-0.2, -0.15) is 0 Å². The van der Waals surface area contributed by atoms with Crippen LogP contribution in [-0.4, -0.2) is 24.9 Å². The van der Waals surface area contributed by atoms with Gasteiger partial charge in [0.15, 0.2) is 11.5 Å². The molecule has 27 heavy (non-hydrogen) atoms. The molecule has 0 unspecified atom stereocenters. The number of nitrogens with one attached hydrogen (secondary N) is 1. The molecule has 0 atom stereocenters. The van der Waals surface area contributed by atoms with Gasteiger partial charge in [-0.05, 0) is 84.1 Å². The van der Waals surface area contributed by atoms with Crippen LogP contribution in [0.25, 0.3) is 0 Å². The Morgan fingerprint density at radius 3 is 2.52 bits per heavy atom. The van der Waals surface area contributed by atoms with Crippen LogP contribution in [0, 0.1) is 5.82 Å². The van der Waals surface area contributed by atoms with Crippen molar-refractivity contribution in [3.05, 3.63) is 57.8 Å². The molecule has 0 aliphatic carbocycles. The molecular weight excluding hydrogens is 413 g/mol. The molecule has 0 radical (unpaired) electrons. The zero-order valence-electron chi connectivity index (χ0n) is 15.6. The summed E-state index contributed by atoms with van der Waals surface area (Å²) in [6.07, 6.45) is 2.91. The lowest BCUT2D eigenvalue weighted by Gasteiger charge is -2.16. The average molecular weight is 440 g/mol. The summed E-state index contributed by atoms with van der Waals surface area (Å²) < 4.78 is 25.5. The molecule has 0 aliphatic rings. The van der Waals surface area contributed by atoms with Crippen LogP contribution in [0.5, 0.6) is 11.5 Å². The second-order valence-corrected chi connectivity index (χ2v) is 7.07. The van der Waals surface area contributed by atoms with Crippen molar-refractivity contribution >= 4 is 15.9 Å². The lowest BCUT2D eigenvalue weighted by molar-refractivity contribution is 0.267. The Hall–Kier alpha value is -1.63. The van der Waals surface area contributed by atoms with Crippen molar-refractivity contribution in [1.82, 2.24) is 5.32 Å². The summed E-state index contributed by atoms with van der Waals surface area (Å²) in [5, 5.41) is 12.2. The Morgan fingerprint density at radius 1 is 1.04 bits per heavy atom. The second-order valence-electron chi connectivity index (χ2n) is 6.21. The minimum Gasteiger partial charge on any atom is -0.490 e. The maximum Gasteiger partial charge on any atom is 0.175 e. The monoisotopic (exact) mass is 439 g/mol. The fourth-order valence-electron chi connectivity index (χ4n) is 2.63. The molecule has 0 aliphatic heterocycles. The van der Waals surface area contributed by atoms with E-state index in [1.165, 1.54) is 12.1 Å². The summed E-state index contributed by atoms with van der Waals surface area (Å²) in [4.78, 5) is 0. The SMILES string of the molecule is CCOc1cc(CNCCCCCO)cc(Br)c1OCc1ccc(F)cc1. The fraction of sp³-hybridized carbons (Fsp3) is 0.429. The van der Waals surface area contributed by atoms with E-state index in [1.54, 1.807) is 12.1 Å². The standard InChI is InChI=1S/C21H27BrFNO3/c1-2-26-20-13-17(14-24-10-4-3-5-11-25)12-19(22)21(20)27-15-16-6-8-18(23)9-7-16/h6-9,12-13,24-25H,2-5,10-11,14-15H2,1H3. The molecule has 0 bridgehead atoms. The third-order valence-corrected chi connectivity index (χ3v) is 4.60. The molecule has 148 valence electrons. The van der Waals surface area contributed by atoms with E-state index in [2.05, 4.69) is 21.2 Å². The van der Waals surface area contributed by atoms with Gasteiger partial charge in [0, 0.05) is 13.2 Å². The number of hydrogen-bond donors (Lipinski definition) is 2. The van der Waals surface area contributed by atoms with Crippen molar-refractivity contribution in [2.24, 2.45) is 0 Å². The summed E-state index contributed by atoms with van der Waals surface area (Å²) in [5.74, 6) is 1.07. The predicted molar refractivity (Wildman–Crippen MR) is 109 cm³/mol. The highest BCUT2D eigenvalue weighted by Crippen LogP contribution is 2.37. The van der Waals surface area contributed by atoms with E-state index in [9.17, 15) is 4.39 Å². The van der Waals surface area contributed by atoms with Crippen LogP contribution < -0.4 is 14.8 Å². The van der Waals surface area contributed by atoms with Gasteiger partial charge >= 0.3 is 0 Å². The van der Waals surface area contributed by atoms with Crippen LogP contribution in [0.3, 0.4) is 0 Å². The Kier molecular flexibility index (Phi) is 9.59. The summed E-state index contributed by atoms with van der Waals surface area (Å²) in [6.45, 7) is 4.70. The quantitative estimate of drug-likeness (QED) is 0.465. The third kappa shape index (κ3) is 7.48. The Balaban J connectivity index is 1.98. The average Bonchev–Trinajstić information content (AvgIpc) is 2.65. The Morgan fingerprint density at radius 2 is 1.81 bits per heavy atom. The maximum atomic E-state index is 13.0. The van der Waals surface area contributed by atoms with E-state index in [1.807, 2.05) is 19.1 Å². The second kappa shape index (κ2) is 12.0. The third-order valence-electron chi connectivity index (χ3n) is 4.01. The van der Waals surface area contributed by atoms with Crippen LogP contribution in [0.4, 0.5) is 4.39 Å². The summed E-state index contributed by atoms with van der Waals surface area (Å²) in [5.41, 5.74) is 1.99. The molecule has 2 N–H and O–H groups in total. The molecule has 6 heteroatoms. The molecule has 0 fully saturated rings. The van der Waals surface area contributed by atoms with Gasteiger partial charge in [-0.3, -0.25) is 0 Å². The van der Waals surface area contributed by atoms with Crippen molar-refractivity contribution in [2.75, 3.05) is 19.8 Å². The summed E-state index contributed by atoms with van der Waals surface area (Å²) in [6, 6.07) is 10.3. The van der Waals surface area contributed by atoms with Crippen molar-refractivity contribution < 1.29 is 19.0 Å². The van der Waals surface area contributed by atoms with E-state index >= 15 is 0 Å². The van der Waals surface area contributed by atoms with E-state index < -0.39 is 0 Å². The molecule has 0 aromatic heterocycles. The van der Waals surface area contributed by atoms with Crippen LogP contribution in [0.2, 0.25) is 0 Å². The smallest absolute Gasteiger partial charge is 0.175 e. The zero-order chi connectivity index (χ0) is 19.5. The van der Waals surface area contributed by atoms with Crippen molar-refractivity contribution in [3.8, 4) is 11.5 Å². The van der Waals surface area contributed by atoms with Crippen molar-refractivity contribution in [1.29, 1.82) is 0 Å². The number of rotatable bonds is 12. The van der Waals surface area contributed by atoms with E-state index in [4.69, 9.17) is 14.6 Å². The first-order valence-electron chi connectivity index (χ1n) is 9.28. The molecule has 4 nitrogen and oxygen atoms in total. The minimum absolute atomic E-state index is 0.254. The highest BCUT2D eigenvalue weighted by molar-refractivity contribution is 9.10. The number of halogens is 2. The van der Waals surface area contributed by atoms with E-state index in [-0.39, 0.29) is 12.4 Å². The van der Waals surface area contributed by atoms with Crippen LogP contribution in [-0.2, 0) is 13.2 Å². The van der Waals surface area contributed by atoms with Gasteiger partial charge in [-0.1, -0.05) is 12.1 Å². The van der Waals surface area contributed by atoms with Gasteiger partial charge in [0.25, 0.3) is 0 Å². The van der Waals surface area contributed by atoms with Crippen molar-refractivity contribution in [3.63, 3.8) is 0 Å². The summed E-state index contributed by atoms with van der Waals surface area (Å²) in [7, 11) is 0. The molecule has 2 rings (SSSR count). The first kappa shape index (κ1) is 21.7. The lowest BCUT2D eigenvalue weighted by atomic mass is 10.2. The first-order chi connectivity index (χ1) is 13.1. The zero-order valence-corrected chi connectivity index (χ0v) is 17.2. The molecule has 0 saturated carbocycles. The molecule has 2 aromatic carbocycles. The molecule has 0 amide bonds. The molecule has 0 saturated heterocycles. The number of ether oxygens (including phenoxy) is 2. The van der Waals surface area contributed by atoms with Crippen LogP contribution in [0.15, 0.2) is 40.9 Å². The Labute approximate surface area is 168 Å². The van der Waals surface area contributed by atoms with Crippen LogP contribution >= 0.6 is 15.9 Å². The summed E-state index contributed by atoms with van der Waals surface area (Å²) >= 11 is 3.58. The van der Waals surface area contributed by atoms with E-state index in [0.29, 0.717) is 24.7 Å². The molecule has 2 aromatic rings. The topological polar surface area (TPSA) is 50.7 Å². The lowest BCUT2D eigenvalue weighted by Crippen LogP contribution is -2.15. The van der Waals surface area contributed by atoms with Gasteiger partial charge in [0.2, 0.25) is 0 Å². The molecule has 0 spiro atoms.